The summed E-state index contributed by atoms with van der Waals surface area (Å²) in [5.74, 6) is -2.92. The van der Waals surface area contributed by atoms with Gasteiger partial charge in [0.15, 0.2) is 0 Å². The summed E-state index contributed by atoms with van der Waals surface area (Å²) in [7, 11) is 0. The molecule has 1 aliphatic carbocycles. The van der Waals surface area contributed by atoms with E-state index in [-0.39, 0.29) is 31.8 Å². The third-order valence-corrected chi connectivity index (χ3v) is 5.40. The normalized spacial score (nSPS) is 19.3. The van der Waals surface area contributed by atoms with Crippen LogP contribution in [0.1, 0.15) is 36.0 Å². The van der Waals surface area contributed by atoms with Crippen molar-refractivity contribution in [1.29, 1.82) is 0 Å². The average molecular weight is 384 g/mol. The predicted octanol–water partition coefficient (Wildman–Crippen LogP) is 3.94. The highest BCUT2D eigenvalue weighted by Crippen LogP contribution is 2.30. The van der Waals surface area contributed by atoms with E-state index in [0.29, 0.717) is 11.3 Å². The molecule has 2 N–H and O–H groups in total. The summed E-state index contributed by atoms with van der Waals surface area (Å²) in [6.07, 6.45) is 8.48. The second-order valence-corrected chi connectivity index (χ2v) is 7.35. The highest BCUT2D eigenvalue weighted by atomic mass is 19.3. The van der Waals surface area contributed by atoms with Crippen molar-refractivity contribution in [3.8, 4) is 0 Å². The third kappa shape index (κ3) is 3.44. The smallest absolute Gasteiger partial charge is 0.255 e. The minimum Gasteiger partial charge on any atom is -0.399 e. The molecule has 146 valence electrons. The second kappa shape index (κ2) is 6.89. The lowest BCUT2D eigenvalue weighted by Crippen LogP contribution is -2.42. The molecule has 4 rings (SSSR count). The number of carbonyl (C=O) groups excluding carboxylic acids is 1. The Morgan fingerprint density at radius 2 is 1.96 bits per heavy atom. The molecule has 7 heteroatoms. The van der Waals surface area contributed by atoms with Crippen LogP contribution in [-0.2, 0) is 0 Å². The van der Waals surface area contributed by atoms with Gasteiger partial charge in [-0.05, 0) is 36.6 Å². The lowest BCUT2D eigenvalue weighted by atomic mass is 10.0. The number of halogens is 2. The number of pyridine rings is 1. The number of nitrogens with zero attached hydrogens (tertiary/aromatic N) is 3. The van der Waals surface area contributed by atoms with Gasteiger partial charge in [0.25, 0.3) is 11.8 Å². The van der Waals surface area contributed by atoms with Gasteiger partial charge in [-0.25, -0.2) is 13.8 Å². The maximum absolute atomic E-state index is 13.3. The summed E-state index contributed by atoms with van der Waals surface area (Å²) in [4.78, 5) is 18.6. The van der Waals surface area contributed by atoms with Crippen LogP contribution in [-0.4, -0.2) is 39.4 Å². The van der Waals surface area contributed by atoms with E-state index in [1.54, 1.807) is 6.07 Å². The Bertz CT molecular complexity index is 1010. The van der Waals surface area contributed by atoms with Crippen LogP contribution < -0.4 is 5.73 Å². The molecule has 28 heavy (non-hydrogen) atoms. The third-order valence-electron chi connectivity index (χ3n) is 5.40. The highest BCUT2D eigenvalue weighted by molar-refractivity contribution is 5.97. The number of piperidine rings is 1. The first-order valence-corrected chi connectivity index (χ1v) is 9.33. The largest absolute Gasteiger partial charge is 0.399 e. The predicted molar refractivity (Wildman–Crippen MR) is 105 cm³/mol. The first-order chi connectivity index (χ1) is 13.3. The number of alkyl halides is 2. The van der Waals surface area contributed by atoms with E-state index in [9.17, 15) is 13.6 Å². The molecule has 2 aromatic rings. The monoisotopic (exact) mass is 384 g/mol. The molecule has 2 aliphatic rings. The number of fused-ring (bicyclic) bond motifs is 1. The first-order valence-electron chi connectivity index (χ1n) is 9.33. The van der Waals surface area contributed by atoms with Gasteiger partial charge < -0.3 is 15.2 Å². The lowest BCUT2D eigenvalue weighted by molar-refractivity contribution is -0.0494. The Hall–Kier alpha value is -2.96. The summed E-state index contributed by atoms with van der Waals surface area (Å²) in [5, 5.41) is 0.840. The Morgan fingerprint density at radius 3 is 2.61 bits per heavy atom. The lowest BCUT2D eigenvalue weighted by Gasteiger charge is -2.31. The molecule has 5 nitrogen and oxygen atoms in total. The molecule has 0 spiro atoms. The van der Waals surface area contributed by atoms with E-state index in [2.05, 4.69) is 11.6 Å². The second-order valence-electron chi connectivity index (χ2n) is 7.35. The zero-order valence-electron chi connectivity index (χ0n) is 15.5. The molecule has 2 aromatic heterocycles. The van der Waals surface area contributed by atoms with Crippen LogP contribution in [0.3, 0.4) is 0 Å². The maximum Gasteiger partial charge on any atom is 0.255 e. The van der Waals surface area contributed by atoms with Gasteiger partial charge in [0.1, 0.15) is 5.65 Å². The Kier molecular flexibility index (Phi) is 4.53. The van der Waals surface area contributed by atoms with E-state index in [0.717, 1.165) is 35.1 Å². The van der Waals surface area contributed by atoms with Crippen LogP contribution in [0, 0.1) is 0 Å². The zero-order chi connectivity index (χ0) is 19.9. The molecule has 0 bridgehead atoms. The van der Waals surface area contributed by atoms with Crippen molar-refractivity contribution in [2.45, 2.75) is 31.6 Å². The summed E-state index contributed by atoms with van der Waals surface area (Å²) in [6.45, 7) is 3.91. The van der Waals surface area contributed by atoms with Gasteiger partial charge in [-0.3, -0.25) is 4.79 Å². The van der Waals surface area contributed by atoms with Gasteiger partial charge in [-0.1, -0.05) is 12.7 Å². The van der Waals surface area contributed by atoms with Gasteiger partial charge in [-0.15, -0.1) is 0 Å². The molecule has 0 saturated carbocycles. The molecular formula is C21H22F2N4O. The molecule has 1 fully saturated rings. The molecule has 3 heterocycles. The number of nitrogens with two attached hydrogens (primary N) is 1. The molecule has 1 amide bonds. The molecule has 1 aliphatic heterocycles. The van der Waals surface area contributed by atoms with Gasteiger partial charge in [0.2, 0.25) is 0 Å². The fourth-order valence-corrected chi connectivity index (χ4v) is 3.69. The summed E-state index contributed by atoms with van der Waals surface area (Å²) in [6, 6.07) is 3.69. The maximum atomic E-state index is 13.3. The van der Waals surface area contributed by atoms with Crippen molar-refractivity contribution >= 4 is 22.6 Å². The topological polar surface area (TPSA) is 64.2 Å². The molecular weight excluding hydrogens is 362 g/mol. The van der Waals surface area contributed by atoms with Crippen molar-refractivity contribution in [1.82, 2.24) is 14.5 Å². The van der Waals surface area contributed by atoms with E-state index < -0.39 is 5.92 Å². The molecule has 0 aromatic carbocycles. The van der Waals surface area contributed by atoms with Crippen LogP contribution in [0.4, 0.5) is 8.78 Å². The van der Waals surface area contributed by atoms with Gasteiger partial charge >= 0.3 is 0 Å². The molecule has 1 saturated heterocycles. The number of hydrogen-bond donors (Lipinski definition) is 1. The average Bonchev–Trinajstić information content (AvgIpc) is 3.10. The number of amides is 1. The number of rotatable bonds is 3. The Labute approximate surface area is 161 Å². The Morgan fingerprint density at radius 1 is 1.21 bits per heavy atom. The summed E-state index contributed by atoms with van der Waals surface area (Å²) < 4.78 is 28.6. The molecule has 0 unspecified atom stereocenters. The first kappa shape index (κ1) is 18.4. The van der Waals surface area contributed by atoms with Crippen molar-refractivity contribution < 1.29 is 13.6 Å². The van der Waals surface area contributed by atoms with Gasteiger partial charge in [-0.2, -0.15) is 0 Å². The number of hydrogen-bond acceptors (Lipinski definition) is 3. The van der Waals surface area contributed by atoms with Gasteiger partial charge in [0.05, 0.1) is 5.56 Å². The minimum atomic E-state index is -2.67. The molecule has 0 radical (unpaired) electrons. The van der Waals surface area contributed by atoms with Crippen LogP contribution in [0.5, 0.6) is 0 Å². The summed E-state index contributed by atoms with van der Waals surface area (Å²) >= 11 is 0. The van der Waals surface area contributed by atoms with Crippen LogP contribution in [0.25, 0.3) is 16.7 Å². The number of aromatic nitrogens is 2. The van der Waals surface area contributed by atoms with Crippen molar-refractivity contribution in [3.05, 3.63) is 60.1 Å². The fraction of sp³-hybridized carbons (Fsp3) is 0.333. The minimum absolute atomic E-state index is 0.0683. The number of likely N-dealkylation sites (tertiary alicyclic amines) is 1. The van der Waals surface area contributed by atoms with Crippen LogP contribution >= 0.6 is 0 Å². The van der Waals surface area contributed by atoms with E-state index in [1.807, 2.05) is 29.0 Å². The number of carbonyl (C=O) groups is 1. The Balaban J connectivity index is 1.57. The molecule has 0 atom stereocenters. The standard InChI is InChI=1S/C21H22F2N4O/c1-14(24)15-2-4-18(5-3-15)27-9-6-16-12-17(13-25-19(16)27)20(28)26-10-7-21(22,23)8-11-26/h2,4,6,9,12-13H,1,3,5,7-8,10-11,24H2. The highest BCUT2D eigenvalue weighted by Gasteiger charge is 2.35. The quantitative estimate of drug-likeness (QED) is 0.872. The zero-order valence-corrected chi connectivity index (χ0v) is 15.5. The van der Waals surface area contributed by atoms with Crippen LogP contribution in [0.2, 0.25) is 0 Å². The van der Waals surface area contributed by atoms with E-state index in [1.165, 1.54) is 11.1 Å². The van der Waals surface area contributed by atoms with E-state index >= 15 is 0 Å². The van der Waals surface area contributed by atoms with Crippen molar-refractivity contribution in [2.24, 2.45) is 5.73 Å². The summed E-state index contributed by atoms with van der Waals surface area (Å²) in [5.41, 5.74) is 9.65. The van der Waals surface area contributed by atoms with Crippen LogP contribution in [0.15, 0.2) is 54.5 Å². The fourth-order valence-electron chi connectivity index (χ4n) is 3.69. The van der Waals surface area contributed by atoms with E-state index in [4.69, 9.17) is 5.73 Å². The van der Waals surface area contributed by atoms with Crippen molar-refractivity contribution in [2.75, 3.05) is 13.1 Å². The SMILES string of the molecule is C=C(N)C1=CC=C(n2ccc3cc(C(=O)N4CCC(F)(F)CC4)cnc32)CC1. The van der Waals surface area contributed by atoms with Crippen molar-refractivity contribution in [3.63, 3.8) is 0 Å². The number of allylic oxidation sites excluding steroid dienone is 4. The van der Waals surface area contributed by atoms with Gasteiger partial charge in [0, 0.05) is 55.1 Å².